The van der Waals surface area contributed by atoms with E-state index in [-0.39, 0.29) is 0 Å². The molecule has 108 valence electrons. The maximum Gasteiger partial charge on any atom is 0.105 e. The molecule has 0 unspecified atom stereocenters. The first-order valence-corrected chi connectivity index (χ1v) is 7.45. The first-order valence-electron chi connectivity index (χ1n) is 7.45. The summed E-state index contributed by atoms with van der Waals surface area (Å²) in [5.41, 5.74) is 2.69. The topological polar surface area (TPSA) is 29.9 Å². The van der Waals surface area contributed by atoms with E-state index in [1.807, 2.05) is 6.20 Å². The van der Waals surface area contributed by atoms with Crippen molar-refractivity contribution in [1.29, 1.82) is 0 Å². The van der Waals surface area contributed by atoms with Crippen molar-refractivity contribution in [3.8, 4) is 0 Å². The molecular formula is C17H25N3. The number of hydrogen-bond acceptors (Lipinski definition) is 2. The van der Waals surface area contributed by atoms with Crippen molar-refractivity contribution in [2.45, 2.75) is 52.7 Å². The molecule has 2 rings (SSSR count). The van der Waals surface area contributed by atoms with Crippen LogP contribution >= 0.6 is 0 Å². The Morgan fingerprint density at radius 1 is 1.20 bits per heavy atom. The molecule has 0 aliphatic carbocycles. The molecule has 0 saturated carbocycles. The highest BCUT2D eigenvalue weighted by atomic mass is 15.1. The summed E-state index contributed by atoms with van der Waals surface area (Å²) >= 11 is 0. The van der Waals surface area contributed by atoms with Crippen LogP contribution in [0.4, 0.5) is 0 Å². The van der Waals surface area contributed by atoms with Crippen LogP contribution in [0, 0.1) is 6.92 Å². The zero-order valence-electron chi connectivity index (χ0n) is 12.8. The van der Waals surface area contributed by atoms with Crippen molar-refractivity contribution in [2.75, 3.05) is 0 Å². The summed E-state index contributed by atoms with van der Waals surface area (Å²) in [4.78, 5) is 4.44. The Morgan fingerprint density at radius 3 is 2.65 bits per heavy atom. The summed E-state index contributed by atoms with van der Waals surface area (Å²) in [5, 5.41) is 3.46. The quantitative estimate of drug-likeness (QED) is 0.837. The molecular weight excluding hydrogens is 246 g/mol. The predicted octanol–water partition coefficient (Wildman–Crippen LogP) is 3.32. The van der Waals surface area contributed by atoms with Crippen LogP contribution in [0.1, 0.15) is 37.4 Å². The van der Waals surface area contributed by atoms with Crippen LogP contribution in [0.5, 0.6) is 0 Å². The number of nitrogens with one attached hydrogen (secondary N) is 1. The summed E-state index contributed by atoms with van der Waals surface area (Å²) in [6.07, 6.45) is 4.26. The first-order chi connectivity index (χ1) is 9.66. The Hall–Kier alpha value is -1.61. The Bertz CT molecular complexity index is 514. The van der Waals surface area contributed by atoms with E-state index in [0.717, 1.165) is 31.8 Å². The number of aromatic nitrogens is 2. The van der Waals surface area contributed by atoms with Crippen LogP contribution in [0.3, 0.4) is 0 Å². The van der Waals surface area contributed by atoms with E-state index in [1.54, 1.807) is 0 Å². The molecule has 0 atom stereocenters. The number of nitrogens with zero attached hydrogens (tertiary/aromatic N) is 2. The monoisotopic (exact) mass is 271 g/mol. The number of hydrogen-bond donors (Lipinski definition) is 1. The zero-order chi connectivity index (χ0) is 14.4. The second kappa shape index (κ2) is 7.25. The maximum atomic E-state index is 4.44. The summed E-state index contributed by atoms with van der Waals surface area (Å²) in [7, 11) is 0. The number of benzene rings is 1. The minimum Gasteiger partial charge on any atom is -0.331 e. The summed E-state index contributed by atoms with van der Waals surface area (Å²) in [6.45, 7) is 8.35. The van der Waals surface area contributed by atoms with Gasteiger partial charge >= 0.3 is 0 Å². The van der Waals surface area contributed by atoms with E-state index < -0.39 is 0 Å². The van der Waals surface area contributed by atoms with Gasteiger partial charge in [-0.3, -0.25) is 0 Å². The Kier molecular flexibility index (Phi) is 5.36. The van der Waals surface area contributed by atoms with Gasteiger partial charge in [-0.2, -0.15) is 0 Å². The highest BCUT2D eigenvalue weighted by molar-refractivity contribution is 5.14. The van der Waals surface area contributed by atoms with Crippen LogP contribution in [-0.2, 0) is 19.5 Å². The molecule has 0 bridgehead atoms. The SMILES string of the molecule is Cc1ncc(CNC(C)C)n1CCCc1ccccc1. The number of imidazole rings is 1. The van der Waals surface area contributed by atoms with E-state index in [0.29, 0.717) is 6.04 Å². The zero-order valence-corrected chi connectivity index (χ0v) is 12.8. The van der Waals surface area contributed by atoms with E-state index in [4.69, 9.17) is 0 Å². The highest BCUT2D eigenvalue weighted by Gasteiger charge is 2.06. The normalized spacial score (nSPS) is 11.2. The fourth-order valence-electron chi connectivity index (χ4n) is 2.36. The van der Waals surface area contributed by atoms with Crippen molar-refractivity contribution in [1.82, 2.24) is 14.9 Å². The molecule has 1 N–H and O–H groups in total. The van der Waals surface area contributed by atoms with Crippen LogP contribution in [0.2, 0.25) is 0 Å². The van der Waals surface area contributed by atoms with Gasteiger partial charge in [0.05, 0.1) is 5.69 Å². The van der Waals surface area contributed by atoms with Gasteiger partial charge in [0.15, 0.2) is 0 Å². The third-order valence-electron chi connectivity index (χ3n) is 3.52. The van der Waals surface area contributed by atoms with Crippen molar-refractivity contribution < 1.29 is 0 Å². The van der Waals surface area contributed by atoms with Crippen molar-refractivity contribution >= 4 is 0 Å². The summed E-state index contributed by atoms with van der Waals surface area (Å²) in [6, 6.07) is 11.2. The third kappa shape index (κ3) is 4.20. The van der Waals surface area contributed by atoms with Gasteiger partial charge in [0.1, 0.15) is 5.82 Å². The third-order valence-corrected chi connectivity index (χ3v) is 3.52. The lowest BCUT2D eigenvalue weighted by Crippen LogP contribution is -2.23. The standard InChI is InChI=1S/C17H25N3/c1-14(2)18-12-17-13-19-15(3)20(17)11-7-10-16-8-5-4-6-9-16/h4-6,8-9,13-14,18H,7,10-12H2,1-3H3. The molecule has 3 heteroatoms. The van der Waals surface area contributed by atoms with Gasteiger partial charge in [0.25, 0.3) is 0 Å². The second-order valence-corrected chi connectivity index (χ2v) is 5.57. The van der Waals surface area contributed by atoms with Gasteiger partial charge < -0.3 is 9.88 Å². The maximum absolute atomic E-state index is 4.44. The van der Waals surface area contributed by atoms with Gasteiger partial charge in [0, 0.05) is 25.3 Å². The minimum atomic E-state index is 0.503. The molecule has 1 aromatic carbocycles. The molecule has 1 heterocycles. The molecule has 1 aromatic heterocycles. The molecule has 0 saturated heterocycles. The van der Waals surface area contributed by atoms with Gasteiger partial charge in [-0.15, -0.1) is 0 Å². The lowest BCUT2D eigenvalue weighted by molar-refractivity contribution is 0.540. The van der Waals surface area contributed by atoms with Crippen LogP contribution in [0.25, 0.3) is 0 Å². The lowest BCUT2D eigenvalue weighted by atomic mass is 10.1. The van der Waals surface area contributed by atoms with E-state index in [2.05, 4.69) is 66.0 Å². The molecule has 0 radical (unpaired) electrons. The average molecular weight is 271 g/mol. The molecule has 0 aliphatic heterocycles. The van der Waals surface area contributed by atoms with Crippen LogP contribution in [-0.4, -0.2) is 15.6 Å². The number of rotatable bonds is 7. The lowest BCUT2D eigenvalue weighted by Gasteiger charge is -2.12. The fraction of sp³-hybridized carbons (Fsp3) is 0.471. The predicted molar refractivity (Wildman–Crippen MR) is 83.7 cm³/mol. The first kappa shape index (κ1) is 14.8. The minimum absolute atomic E-state index is 0.503. The Morgan fingerprint density at radius 2 is 1.95 bits per heavy atom. The smallest absolute Gasteiger partial charge is 0.105 e. The molecule has 0 fully saturated rings. The fourth-order valence-corrected chi connectivity index (χ4v) is 2.36. The largest absolute Gasteiger partial charge is 0.331 e. The van der Waals surface area contributed by atoms with E-state index in [9.17, 15) is 0 Å². The van der Waals surface area contributed by atoms with Gasteiger partial charge in [-0.25, -0.2) is 4.98 Å². The van der Waals surface area contributed by atoms with Crippen LogP contribution in [0.15, 0.2) is 36.5 Å². The summed E-state index contributed by atoms with van der Waals surface area (Å²) < 4.78 is 2.33. The van der Waals surface area contributed by atoms with Gasteiger partial charge in [-0.05, 0) is 25.3 Å². The number of aryl methyl sites for hydroxylation is 2. The molecule has 3 nitrogen and oxygen atoms in total. The Balaban J connectivity index is 1.90. The van der Waals surface area contributed by atoms with Crippen molar-refractivity contribution in [2.24, 2.45) is 0 Å². The molecule has 0 spiro atoms. The van der Waals surface area contributed by atoms with Crippen molar-refractivity contribution in [3.05, 3.63) is 53.6 Å². The molecule has 20 heavy (non-hydrogen) atoms. The molecule has 0 amide bonds. The molecule has 0 aliphatic rings. The van der Waals surface area contributed by atoms with Gasteiger partial charge in [-0.1, -0.05) is 44.2 Å². The Labute approximate surface area is 122 Å². The second-order valence-electron chi connectivity index (χ2n) is 5.57. The van der Waals surface area contributed by atoms with Crippen LogP contribution < -0.4 is 5.32 Å². The molecule has 2 aromatic rings. The van der Waals surface area contributed by atoms with Gasteiger partial charge in [0.2, 0.25) is 0 Å². The highest BCUT2D eigenvalue weighted by Crippen LogP contribution is 2.09. The van der Waals surface area contributed by atoms with E-state index in [1.165, 1.54) is 11.3 Å². The summed E-state index contributed by atoms with van der Waals surface area (Å²) in [5.74, 6) is 1.11. The average Bonchev–Trinajstić information content (AvgIpc) is 2.79. The van der Waals surface area contributed by atoms with E-state index >= 15 is 0 Å². The van der Waals surface area contributed by atoms with Crippen molar-refractivity contribution in [3.63, 3.8) is 0 Å².